The van der Waals surface area contributed by atoms with E-state index in [2.05, 4.69) is 6.58 Å². The van der Waals surface area contributed by atoms with Gasteiger partial charge in [0.2, 0.25) is 0 Å². The number of carbonyl (C=O) groups excluding carboxylic acids is 1. The minimum absolute atomic E-state index is 0.493. The third kappa shape index (κ3) is 3.56. The van der Waals surface area contributed by atoms with Crippen molar-refractivity contribution in [1.82, 2.24) is 0 Å². The number of rotatable bonds is 4. The smallest absolute Gasteiger partial charge is 0.148 e. The molecule has 1 unspecified atom stereocenters. The van der Waals surface area contributed by atoms with Crippen LogP contribution in [0.25, 0.3) is 0 Å². The van der Waals surface area contributed by atoms with E-state index in [4.69, 9.17) is 5.11 Å². The number of hydrogen-bond donors (Lipinski definition) is 1. The Balaban J connectivity index is 3.09. The normalized spacial score (nSPS) is 12.6. The monoisotopic (exact) mass is 114 g/mol. The van der Waals surface area contributed by atoms with Crippen LogP contribution in [0.3, 0.4) is 0 Å². The van der Waals surface area contributed by atoms with Gasteiger partial charge in [0, 0.05) is 0 Å². The summed E-state index contributed by atoms with van der Waals surface area (Å²) < 4.78 is 0. The summed E-state index contributed by atoms with van der Waals surface area (Å²) in [4.78, 5) is 9.73. The number of hydrogen-bond acceptors (Lipinski definition) is 2. The van der Waals surface area contributed by atoms with E-state index in [1.165, 1.54) is 0 Å². The lowest BCUT2D eigenvalue weighted by atomic mass is 10.2. The first kappa shape index (κ1) is 7.37. The molecule has 0 radical (unpaired) electrons. The summed E-state index contributed by atoms with van der Waals surface area (Å²) in [7, 11) is 0. The van der Waals surface area contributed by atoms with Crippen molar-refractivity contribution >= 4 is 6.29 Å². The maximum atomic E-state index is 9.73. The molecule has 0 saturated heterocycles. The van der Waals surface area contributed by atoms with Crippen molar-refractivity contribution in [3.8, 4) is 0 Å². The van der Waals surface area contributed by atoms with Crippen LogP contribution in [-0.2, 0) is 4.79 Å². The summed E-state index contributed by atoms with van der Waals surface area (Å²) in [5, 5.41) is 8.57. The van der Waals surface area contributed by atoms with Gasteiger partial charge < -0.3 is 9.90 Å². The average molecular weight is 114 g/mol. The zero-order valence-electron chi connectivity index (χ0n) is 4.71. The van der Waals surface area contributed by atoms with Gasteiger partial charge in [0.25, 0.3) is 0 Å². The van der Waals surface area contributed by atoms with Gasteiger partial charge in [0.05, 0.1) is 0 Å². The Labute approximate surface area is 48.8 Å². The summed E-state index contributed by atoms with van der Waals surface area (Å²) in [6, 6.07) is 0. The minimum atomic E-state index is -0.798. The third-order valence-corrected chi connectivity index (χ3v) is 0.824. The molecule has 0 aliphatic heterocycles. The second-order valence-corrected chi connectivity index (χ2v) is 1.57. The van der Waals surface area contributed by atoms with Crippen molar-refractivity contribution < 1.29 is 9.90 Å². The van der Waals surface area contributed by atoms with Crippen LogP contribution >= 0.6 is 0 Å². The summed E-state index contributed by atoms with van der Waals surface area (Å²) in [5.41, 5.74) is 0. The minimum Gasteiger partial charge on any atom is -0.386 e. The van der Waals surface area contributed by atoms with E-state index in [1.807, 2.05) is 0 Å². The van der Waals surface area contributed by atoms with Crippen LogP contribution in [0.1, 0.15) is 12.8 Å². The fourth-order valence-corrected chi connectivity index (χ4v) is 0.357. The Morgan fingerprint density at radius 3 is 2.75 bits per heavy atom. The maximum Gasteiger partial charge on any atom is 0.148 e. The predicted octanol–water partition coefficient (Wildman–Crippen LogP) is 0.512. The Morgan fingerprint density at radius 2 is 2.38 bits per heavy atom. The highest BCUT2D eigenvalue weighted by molar-refractivity contribution is 5.55. The topological polar surface area (TPSA) is 37.3 Å². The fourth-order valence-electron chi connectivity index (χ4n) is 0.357. The van der Waals surface area contributed by atoms with Crippen LogP contribution in [0.15, 0.2) is 12.7 Å². The maximum absolute atomic E-state index is 9.73. The second-order valence-electron chi connectivity index (χ2n) is 1.57. The van der Waals surface area contributed by atoms with Gasteiger partial charge >= 0.3 is 0 Å². The SMILES string of the molecule is C=CCCC(O)C=O. The van der Waals surface area contributed by atoms with Crippen molar-refractivity contribution in [2.45, 2.75) is 18.9 Å². The van der Waals surface area contributed by atoms with Crippen molar-refractivity contribution in [2.75, 3.05) is 0 Å². The van der Waals surface area contributed by atoms with Gasteiger partial charge in [-0.05, 0) is 12.8 Å². The molecule has 0 aromatic heterocycles. The first-order valence-corrected chi connectivity index (χ1v) is 2.55. The number of aldehydes is 1. The highest BCUT2D eigenvalue weighted by atomic mass is 16.3. The second kappa shape index (κ2) is 4.53. The van der Waals surface area contributed by atoms with Crippen LogP contribution in [0.2, 0.25) is 0 Å². The van der Waals surface area contributed by atoms with Gasteiger partial charge in [-0.1, -0.05) is 6.08 Å². The van der Waals surface area contributed by atoms with Crippen LogP contribution in [0.5, 0.6) is 0 Å². The lowest BCUT2D eigenvalue weighted by Gasteiger charge is -1.95. The van der Waals surface area contributed by atoms with Crippen LogP contribution < -0.4 is 0 Å². The number of aliphatic hydroxyl groups excluding tert-OH is 1. The standard InChI is InChI=1S/C6H10O2/c1-2-3-4-6(8)5-7/h2,5-6,8H,1,3-4H2. The van der Waals surface area contributed by atoms with E-state index in [9.17, 15) is 4.79 Å². The Hall–Kier alpha value is -0.630. The highest BCUT2D eigenvalue weighted by Crippen LogP contribution is 1.92. The van der Waals surface area contributed by atoms with Gasteiger partial charge in [-0.15, -0.1) is 6.58 Å². The Bertz CT molecular complexity index is 78.6. The van der Waals surface area contributed by atoms with E-state index in [0.29, 0.717) is 19.1 Å². The summed E-state index contributed by atoms with van der Waals surface area (Å²) in [6.45, 7) is 3.44. The van der Waals surface area contributed by atoms with Crippen LogP contribution in [0, 0.1) is 0 Å². The largest absolute Gasteiger partial charge is 0.386 e. The molecule has 0 aromatic rings. The van der Waals surface area contributed by atoms with E-state index >= 15 is 0 Å². The molecular formula is C6H10O2. The van der Waals surface area contributed by atoms with E-state index in [0.717, 1.165) is 0 Å². The molecule has 0 saturated carbocycles. The summed E-state index contributed by atoms with van der Waals surface area (Å²) >= 11 is 0. The quantitative estimate of drug-likeness (QED) is 0.427. The highest BCUT2D eigenvalue weighted by Gasteiger charge is 1.96. The molecule has 1 atom stereocenters. The Kier molecular flexibility index (Phi) is 4.17. The first-order valence-electron chi connectivity index (χ1n) is 2.55. The summed E-state index contributed by atoms with van der Waals surface area (Å²) in [6.07, 6.45) is 2.59. The molecule has 1 N–H and O–H groups in total. The Morgan fingerprint density at radius 1 is 1.75 bits per heavy atom. The molecule has 46 valence electrons. The number of aliphatic hydroxyl groups is 1. The fraction of sp³-hybridized carbons (Fsp3) is 0.500. The summed E-state index contributed by atoms with van der Waals surface area (Å²) in [5.74, 6) is 0. The average Bonchev–Trinajstić information content (AvgIpc) is 1.83. The molecule has 0 rings (SSSR count). The molecule has 0 aliphatic rings. The first-order chi connectivity index (χ1) is 3.81. The van der Waals surface area contributed by atoms with Crippen molar-refractivity contribution in [3.05, 3.63) is 12.7 Å². The lowest BCUT2D eigenvalue weighted by Crippen LogP contribution is -2.05. The number of allylic oxidation sites excluding steroid dienone is 1. The van der Waals surface area contributed by atoms with E-state index in [1.54, 1.807) is 6.08 Å². The predicted molar refractivity (Wildman–Crippen MR) is 31.5 cm³/mol. The zero-order valence-corrected chi connectivity index (χ0v) is 4.71. The third-order valence-electron chi connectivity index (χ3n) is 0.824. The molecule has 2 nitrogen and oxygen atoms in total. The molecule has 0 bridgehead atoms. The van der Waals surface area contributed by atoms with Gasteiger partial charge in [-0.25, -0.2) is 0 Å². The van der Waals surface area contributed by atoms with Crippen molar-refractivity contribution in [3.63, 3.8) is 0 Å². The molecule has 2 heteroatoms. The molecule has 0 heterocycles. The molecule has 0 aliphatic carbocycles. The van der Waals surface area contributed by atoms with E-state index < -0.39 is 6.10 Å². The van der Waals surface area contributed by atoms with Gasteiger partial charge in [0.15, 0.2) is 0 Å². The zero-order chi connectivity index (χ0) is 6.41. The van der Waals surface area contributed by atoms with Crippen LogP contribution in [-0.4, -0.2) is 17.5 Å². The molecular weight excluding hydrogens is 104 g/mol. The molecule has 0 spiro atoms. The molecule has 0 aromatic carbocycles. The molecule has 8 heavy (non-hydrogen) atoms. The number of carbonyl (C=O) groups is 1. The van der Waals surface area contributed by atoms with Gasteiger partial charge in [-0.3, -0.25) is 0 Å². The van der Waals surface area contributed by atoms with Crippen molar-refractivity contribution in [1.29, 1.82) is 0 Å². The molecule has 0 fully saturated rings. The van der Waals surface area contributed by atoms with E-state index in [-0.39, 0.29) is 0 Å². The lowest BCUT2D eigenvalue weighted by molar-refractivity contribution is -0.115. The van der Waals surface area contributed by atoms with Gasteiger partial charge in [0.1, 0.15) is 12.4 Å². The van der Waals surface area contributed by atoms with Gasteiger partial charge in [-0.2, -0.15) is 0 Å². The van der Waals surface area contributed by atoms with Crippen LogP contribution in [0.4, 0.5) is 0 Å². The molecule has 0 amide bonds. The van der Waals surface area contributed by atoms with Crippen molar-refractivity contribution in [2.24, 2.45) is 0 Å².